The number of hydrogen-bond donors (Lipinski definition) is 1. The second-order valence-electron chi connectivity index (χ2n) is 5.99. The molecule has 0 unspecified atom stereocenters. The minimum atomic E-state index is -0.426. The van der Waals surface area contributed by atoms with E-state index in [0.717, 1.165) is 16.7 Å². The number of nitrogens with zero attached hydrogens (tertiary/aromatic N) is 1. The molecular weight excluding hydrogens is 394 g/mol. The quantitative estimate of drug-likeness (QED) is 0.654. The van der Waals surface area contributed by atoms with Crippen LogP contribution in [0.5, 0.6) is 23.0 Å². The molecule has 1 aliphatic rings. The number of amides is 2. The van der Waals surface area contributed by atoms with Gasteiger partial charge in [0.15, 0.2) is 11.5 Å². The van der Waals surface area contributed by atoms with Crippen molar-refractivity contribution in [3.05, 3.63) is 52.9 Å². The van der Waals surface area contributed by atoms with Crippen LogP contribution in [0.4, 0.5) is 4.79 Å². The predicted molar refractivity (Wildman–Crippen MR) is 110 cm³/mol. The molecule has 1 aliphatic heterocycles. The monoisotopic (exact) mass is 415 g/mol. The van der Waals surface area contributed by atoms with E-state index < -0.39 is 5.91 Å². The van der Waals surface area contributed by atoms with E-state index in [2.05, 4.69) is 0 Å². The van der Waals surface area contributed by atoms with E-state index in [9.17, 15) is 14.7 Å². The van der Waals surface area contributed by atoms with Crippen LogP contribution in [-0.4, -0.2) is 48.0 Å². The number of benzene rings is 2. The van der Waals surface area contributed by atoms with Gasteiger partial charge in [0.1, 0.15) is 18.1 Å². The molecule has 1 N–H and O–H groups in total. The van der Waals surface area contributed by atoms with Gasteiger partial charge in [-0.2, -0.15) is 0 Å². The molecule has 0 radical (unpaired) electrons. The summed E-state index contributed by atoms with van der Waals surface area (Å²) in [5.41, 5.74) is 0.409. The highest BCUT2D eigenvalue weighted by Gasteiger charge is 2.35. The molecule has 1 heterocycles. The van der Waals surface area contributed by atoms with E-state index >= 15 is 0 Å². The topological polar surface area (TPSA) is 85.3 Å². The third kappa shape index (κ3) is 4.83. The molecule has 2 amide bonds. The maximum atomic E-state index is 12.6. The lowest BCUT2D eigenvalue weighted by atomic mass is 10.1. The summed E-state index contributed by atoms with van der Waals surface area (Å²) in [7, 11) is 1.54. The van der Waals surface area contributed by atoms with Gasteiger partial charge in [0.05, 0.1) is 25.2 Å². The zero-order chi connectivity index (χ0) is 20.8. The fraction of sp³-hybridized carbons (Fsp3) is 0.238. The third-order valence-electron chi connectivity index (χ3n) is 4.11. The Morgan fingerprint density at radius 2 is 1.86 bits per heavy atom. The first-order valence-electron chi connectivity index (χ1n) is 9.00. The van der Waals surface area contributed by atoms with Crippen molar-refractivity contribution in [1.29, 1.82) is 0 Å². The molecule has 0 aromatic heterocycles. The summed E-state index contributed by atoms with van der Waals surface area (Å²) in [6.45, 7) is 2.57. The van der Waals surface area contributed by atoms with E-state index in [-0.39, 0.29) is 29.0 Å². The highest BCUT2D eigenvalue weighted by atomic mass is 32.2. The number of rotatable bonds is 8. The molecule has 2 aromatic rings. The molecule has 0 bridgehead atoms. The average molecular weight is 415 g/mol. The molecule has 3 rings (SSSR count). The highest BCUT2D eigenvalue weighted by molar-refractivity contribution is 8.18. The van der Waals surface area contributed by atoms with Gasteiger partial charge in [-0.05, 0) is 55.1 Å². The summed E-state index contributed by atoms with van der Waals surface area (Å²) >= 11 is 0.825. The number of thioether (sulfide) groups is 1. The number of phenols is 1. The molecule has 0 atom stereocenters. The fourth-order valence-electron chi connectivity index (χ4n) is 2.72. The first-order chi connectivity index (χ1) is 14.0. The van der Waals surface area contributed by atoms with E-state index in [1.54, 1.807) is 31.4 Å². The first kappa shape index (κ1) is 20.6. The van der Waals surface area contributed by atoms with Gasteiger partial charge in [-0.1, -0.05) is 12.1 Å². The van der Waals surface area contributed by atoms with Gasteiger partial charge in [-0.15, -0.1) is 0 Å². The lowest BCUT2D eigenvalue weighted by molar-refractivity contribution is -0.123. The Morgan fingerprint density at radius 3 is 2.59 bits per heavy atom. The average Bonchev–Trinajstić information content (AvgIpc) is 2.98. The number of phenolic OH excluding ortho intramolecular Hbond substituents is 1. The standard InChI is InChI=1S/C21H21NO6S/c1-3-27-15-8-9-16(23)14(12-15)13-19-20(24)22(21(25)29-19)10-11-28-18-7-5-4-6-17(18)26-2/h4-9,12-13,23H,3,10-11H2,1-2H3/b19-13-. The molecule has 7 nitrogen and oxygen atoms in total. The Bertz CT molecular complexity index is 943. The number of carbonyl (C=O) groups is 2. The number of hydrogen-bond acceptors (Lipinski definition) is 7. The van der Waals surface area contributed by atoms with Crippen LogP contribution in [0.15, 0.2) is 47.4 Å². The zero-order valence-electron chi connectivity index (χ0n) is 16.1. The smallest absolute Gasteiger partial charge is 0.293 e. The zero-order valence-corrected chi connectivity index (χ0v) is 16.9. The van der Waals surface area contributed by atoms with E-state index in [1.165, 1.54) is 12.1 Å². The Balaban J connectivity index is 1.68. The van der Waals surface area contributed by atoms with Crippen molar-refractivity contribution < 1.29 is 28.9 Å². The molecule has 0 spiro atoms. The summed E-state index contributed by atoms with van der Waals surface area (Å²) in [6.07, 6.45) is 1.49. The van der Waals surface area contributed by atoms with E-state index in [1.807, 2.05) is 19.1 Å². The SMILES string of the molecule is CCOc1ccc(O)c(/C=C2\SC(=O)N(CCOc3ccccc3OC)C2=O)c1. The Hall–Kier alpha value is -3.13. The molecule has 29 heavy (non-hydrogen) atoms. The lowest BCUT2D eigenvalue weighted by Gasteiger charge is -2.14. The van der Waals surface area contributed by atoms with Gasteiger partial charge < -0.3 is 19.3 Å². The van der Waals surface area contributed by atoms with Crippen LogP contribution < -0.4 is 14.2 Å². The molecule has 0 saturated carbocycles. The van der Waals surface area contributed by atoms with Gasteiger partial charge in [-0.25, -0.2) is 0 Å². The van der Waals surface area contributed by atoms with Crippen molar-refractivity contribution in [2.24, 2.45) is 0 Å². The molecule has 0 aliphatic carbocycles. The van der Waals surface area contributed by atoms with Crippen LogP contribution >= 0.6 is 11.8 Å². The maximum Gasteiger partial charge on any atom is 0.293 e. The minimum Gasteiger partial charge on any atom is -0.507 e. The first-order valence-corrected chi connectivity index (χ1v) is 9.82. The van der Waals surface area contributed by atoms with Crippen LogP contribution in [-0.2, 0) is 4.79 Å². The van der Waals surface area contributed by atoms with Crippen LogP contribution in [0.25, 0.3) is 6.08 Å². The van der Waals surface area contributed by atoms with E-state index in [0.29, 0.717) is 29.4 Å². The lowest BCUT2D eigenvalue weighted by Crippen LogP contribution is -2.32. The second-order valence-corrected chi connectivity index (χ2v) is 6.98. The summed E-state index contributed by atoms with van der Waals surface area (Å²) < 4.78 is 16.3. The van der Waals surface area contributed by atoms with Crippen molar-refractivity contribution in [3.63, 3.8) is 0 Å². The number of ether oxygens (including phenoxy) is 3. The van der Waals surface area contributed by atoms with Crippen molar-refractivity contribution in [2.45, 2.75) is 6.92 Å². The second kappa shape index (κ2) is 9.38. The number of imide groups is 1. The van der Waals surface area contributed by atoms with Crippen LogP contribution in [0.3, 0.4) is 0 Å². The highest BCUT2D eigenvalue weighted by Crippen LogP contribution is 2.35. The number of aromatic hydroxyl groups is 1. The van der Waals surface area contributed by atoms with E-state index in [4.69, 9.17) is 14.2 Å². The summed E-state index contributed by atoms with van der Waals surface area (Å²) in [5, 5.41) is 9.66. The number of para-hydroxylation sites is 2. The Labute approximate surface area is 172 Å². The molecular formula is C21H21NO6S. The van der Waals surface area contributed by atoms with Crippen molar-refractivity contribution >= 4 is 29.0 Å². The minimum absolute atomic E-state index is 0.000224. The predicted octanol–water partition coefficient (Wildman–Crippen LogP) is 3.91. The van der Waals surface area contributed by atoms with Gasteiger partial charge >= 0.3 is 0 Å². The maximum absolute atomic E-state index is 12.6. The third-order valence-corrected chi connectivity index (χ3v) is 5.02. The molecule has 8 heteroatoms. The summed E-state index contributed by atoms with van der Waals surface area (Å²) in [5.74, 6) is 1.26. The van der Waals surface area contributed by atoms with Gasteiger partial charge in [0.2, 0.25) is 0 Å². The van der Waals surface area contributed by atoms with Crippen molar-refractivity contribution in [3.8, 4) is 23.0 Å². The Kier molecular flexibility index (Phi) is 6.66. The summed E-state index contributed by atoms with van der Waals surface area (Å²) in [4.78, 5) is 26.2. The van der Waals surface area contributed by atoms with Crippen molar-refractivity contribution in [2.75, 3.05) is 26.9 Å². The molecule has 152 valence electrons. The number of carbonyl (C=O) groups excluding carboxylic acids is 2. The van der Waals surface area contributed by atoms with Gasteiger partial charge in [-0.3, -0.25) is 14.5 Å². The van der Waals surface area contributed by atoms with Crippen LogP contribution in [0.2, 0.25) is 0 Å². The van der Waals surface area contributed by atoms with Crippen molar-refractivity contribution in [1.82, 2.24) is 4.90 Å². The van der Waals surface area contributed by atoms with Crippen LogP contribution in [0, 0.1) is 0 Å². The molecule has 1 saturated heterocycles. The fourth-order valence-corrected chi connectivity index (χ4v) is 3.58. The molecule has 2 aromatic carbocycles. The summed E-state index contributed by atoms with van der Waals surface area (Å²) in [6, 6.07) is 11.9. The normalized spacial score (nSPS) is 15.1. The molecule has 1 fully saturated rings. The largest absolute Gasteiger partial charge is 0.507 e. The van der Waals surface area contributed by atoms with Crippen LogP contribution in [0.1, 0.15) is 12.5 Å². The number of methoxy groups -OCH3 is 1. The Morgan fingerprint density at radius 1 is 1.10 bits per heavy atom. The van der Waals surface area contributed by atoms with Gasteiger partial charge in [0, 0.05) is 5.56 Å². The van der Waals surface area contributed by atoms with Gasteiger partial charge in [0.25, 0.3) is 11.1 Å².